The molecular formula is C14H17N3O2S. The highest BCUT2D eigenvalue weighted by Gasteiger charge is 2.07. The third-order valence-corrected chi connectivity index (χ3v) is 3.63. The largest absolute Gasteiger partial charge is 0.378 e. The van der Waals surface area contributed by atoms with Gasteiger partial charge in [0.1, 0.15) is 0 Å². The van der Waals surface area contributed by atoms with Crippen LogP contribution in [0.5, 0.6) is 0 Å². The van der Waals surface area contributed by atoms with Gasteiger partial charge in [0.25, 0.3) is 0 Å². The number of nitrogens with two attached hydrogens (primary N) is 1. The van der Waals surface area contributed by atoms with Gasteiger partial charge in [-0.15, -0.1) is 0 Å². The van der Waals surface area contributed by atoms with Crippen LogP contribution >= 0.6 is 0 Å². The SMILES string of the molecule is CC(Nc1ccc(CS(N)(=O)=O)cc1)c1cccnc1. The summed E-state index contributed by atoms with van der Waals surface area (Å²) in [5, 5.41) is 8.34. The number of benzene rings is 1. The van der Waals surface area contributed by atoms with E-state index >= 15 is 0 Å². The van der Waals surface area contributed by atoms with Crippen LogP contribution in [-0.4, -0.2) is 13.4 Å². The molecular weight excluding hydrogens is 274 g/mol. The van der Waals surface area contributed by atoms with Gasteiger partial charge in [-0.2, -0.15) is 0 Å². The van der Waals surface area contributed by atoms with E-state index in [1.165, 1.54) is 0 Å². The van der Waals surface area contributed by atoms with Crippen LogP contribution in [0, 0.1) is 0 Å². The molecule has 1 heterocycles. The zero-order valence-corrected chi connectivity index (χ0v) is 12.0. The van der Waals surface area contributed by atoms with E-state index in [1.54, 1.807) is 18.3 Å². The maximum absolute atomic E-state index is 11.0. The van der Waals surface area contributed by atoms with Crippen molar-refractivity contribution < 1.29 is 8.42 Å². The number of hydrogen-bond donors (Lipinski definition) is 2. The lowest BCUT2D eigenvalue weighted by atomic mass is 10.1. The van der Waals surface area contributed by atoms with Crippen molar-refractivity contribution in [2.24, 2.45) is 5.14 Å². The lowest BCUT2D eigenvalue weighted by molar-refractivity contribution is 0.597. The summed E-state index contributed by atoms with van der Waals surface area (Å²) in [6.07, 6.45) is 3.55. The maximum Gasteiger partial charge on any atom is 0.213 e. The smallest absolute Gasteiger partial charge is 0.213 e. The highest BCUT2D eigenvalue weighted by atomic mass is 32.2. The summed E-state index contributed by atoms with van der Waals surface area (Å²) >= 11 is 0. The van der Waals surface area contributed by atoms with Crippen molar-refractivity contribution in [3.63, 3.8) is 0 Å². The molecule has 1 atom stereocenters. The fraction of sp³-hybridized carbons (Fsp3) is 0.214. The van der Waals surface area contributed by atoms with E-state index in [9.17, 15) is 8.42 Å². The van der Waals surface area contributed by atoms with E-state index in [1.807, 2.05) is 37.4 Å². The first-order chi connectivity index (χ1) is 9.44. The predicted molar refractivity (Wildman–Crippen MR) is 79.5 cm³/mol. The molecule has 1 unspecified atom stereocenters. The lowest BCUT2D eigenvalue weighted by Crippen LogP contribution is -2.14. The van der Waals surface area contributed by atoms with Crippen LogP contribution in [-0.2, 0) is 15.8 Å². The topological polar surface area (TPSA) is 85.1 Å². The fourth-order valence-corrected chi connectivity index (χ4v) is 2.55. The normalized spacial score (nSPS) is 12.9. The fourth-order valence-electron chi connectivity index (χ4n) is 1.89. The van der Waals surface area contributed by atoms with Gasteiger partial charge in [-0.25, -0.2) is 13.6 Å². The summed E-state index contributed by atoms with van der Waals surface area (Å²) in [4.78, 5) is 4.08. The van der Waals surface area contributed by atoms with Crippen LogP contribution < -0.4 is 10.5 Å². The molecule has 0 aliphatic carbocycles. The molecule has 5 nitrogen and oxygen atoms in total. The first kappa shape index (κ1) is 14.5. The molecule has 2 aromatic rings. The first-order valence-corrected chi connectivity index (χ1v) is 7.91. The summed E-state index contributed by atoms with van der Waals surface area (Å²) in [6.45, 7) is 2.04. The number of aromatic nitrogens is 1. The van der Waals surface area contributed by atoms with E-state index in [2.05, 4.69) is 10.3 Å². The number of sulfonamides is 1. The summed E-state index contributed by atoms with van der Waals surface area (Å²) in [7, 11) is -3.48. The van der Waals surface area contributed by atoms with Crippen molar-refractivity contribution >= 4 is 15.7 Å². The average Bonchev–Trinajstić information content (AvgIpc) is 2.40. The summed E-state index contributed by atoms with van der Waals surface area (Å²) in [5.41, 5.74) is 2.67. The lowest BCUT2D eigenvalue weighted by Gasteiger charge is -2.15. The van der Waals surface area contributed by atoms with Crippen LogP contribution in [0.4, 0.5) is 5.69 Å². The quantitative estimate of drug-likeness (QED) is 0.883. The average molecular weight is 291 g/mol. The molecule has 1 aromatic heterocycles. The van der Waals surface area contributed by atoms with Crippen molar-refractivity contribution in [2.45, 2.75) is 18.7 Å². The van der Waals surface area contributed by atoms with Crippen molar-refractivity contribution in [3.05, 3.63) is 59.9 Å². The van der Waals surface area contributed by atoms with Gasteiger partial charge in [0.2, 0.25) is 10.0 Å². The molecule has 0 saturated heterocycles. The van der Waals surface area contributed by atoms with Gasteiger partial charge < -0.3 is 5.32 Å². The molecule has 0 saturated carbocycles. The minimum absolute atomic E-state index is 0.118. The van der Waals surface area contributed by atoms with Crippen LogP contribution in [0.2, 0.25) is 0 Å². The molecule has 0 fully saturated rings. The molecule has 0 aliphatic heterocycles. The van der Waals surface area contributed by atoms with Crippen LogP contribution in [0.25, 0.3) is 0 Å². The second-order valence-corrected chi connectivity index (χ2v) is 6.27. The van der Waals surface area contributed by atoms with Crippen LogP contribution in [0.3, 0.4) is 0 Å². The standard InChI is InChI=1S/C14H17N3O2S/c1-11(13-3-2-8-16-9-13)17-14-6-4-12(5-7-14)10-20(15,18)19/h2-9,11,17H,10H2,1H3,(H2,15,18,19). The summed E-state index contributed by atoms with van der Waals surface area (Å²) in [6, 6.07) is 11.2. The minimum Gasteiger partial charge on any atom is -0.378 e. The second-order valence-electron chi connectivity index (χ2n) is 4.66. The Balaban J connectivity index is 2.04. The molecule has 6 heteroatoms. The first-order valence-electron chi connectivity index (χ1n) is 6.20. The Morgan fingerprint density at radius 2 is 1.95 bits per heavy atom. The predicted octanol–water partition coefficient (Wildman–Crippen LogP) is 2.04. The van der Waals surface area contributed by atoms with Gasteiger partial charge in [-0.1, -0.05) is 18.2 Å². The number of pyridine rings is 1. The van der Waals surface area contributed by atoms with Crippen molar-refractivity contribution in [1.82, 2.24) is 4.98 Å². The van der Waals surface area contributed by atoms with E-state index in [-0.39, 0.29) is 11.8 Å². The summed E-state index contributed by atoms with van der Waals surface area (Å²) < 4.78 is 22.0. The van der Waals surface area contributed by atoms with Gasteiger partial charge in [0.05, 0.1) is 11.8 Å². The number of hydrogen-bond acceptors (Lipinski definition) is 4. The molecule has 0 bridgehead atoms. The molecule has 0 spiro atoms. The zero-order chi connectivity index (χ0) is 14.6. The monoisotopic (exact) mass is 291 g/mol. The van der Waals surface area contributed by atoms with Crippen molar-refractivity contribution in [2.75, 3.05) is 5.32 Å². The van der Waals surface area contributed by atoms with Gasteiger partial charge in [-0.3, -0.25) is 4.98 Å². The Hall–Kier alpha value is -1.92. The van der Waals surface area contributed by atoms with Crippen molar-refractivity contribution in [3.8, 4) is 0 Å². The van der Waals surface area contributed by atoms with Gasteiger partial charge in [-0.05, 0) is 36.2 Å². The molecule has 0 amide bonds. The van der Waals surface area contributed by atoms with E-state index in [0.29, 0.717) is 5.56 Å². The molecule has 0 aliphatic rings. The molecule has 3 N–H and O–H groups in total. The Kier molecular flexibility index (Phi) is 4.36. The van der Waals surface area contributed by atoms with E-state index in [0.717, 1.165) is 11.3 Å². The summed E-state index contributed by atoms with van der Waals surface area (Å²) in [5.74, 6) is -0.147. The van der Waals surface area contributed by atoms with Crippen molar-refractivity contribution in [1.29, 1.82) is 0 Å². The number of rotatable bonds is 5. The Morgan fingerprint density at radius 3 is 2.50 bits per heavy atom. The number of anilines is 1. The third kappa shape index (κ3) is 4.32. The van der Waals surface area contributed by atoms with Gasteiger partial charge >= 0.3 is 0 Å². The molecule has 106 valence electrons. The van der Waals surface area contributed by atoms with Gasteiger partial charge in [0, 0.05) is 18.1 Å². The Labute approximate surface area is 118 Å². The van der Waals surface area contributed by atoms with Crippen LogP contribution in [0.1, 0.15) is 24.1 Å². The maximum atomic E-state index is 11.0. The number of nitrogens with zero attached hydrogens (tertiary/aromatic N) is 1. The molecule has 20 heavy (non-hydrogen) atoms. The highest BCUT2D eigenvalue weighted by molar-refractivity contribution is 7.88. The number of primary sulfonamides is 1. The zero-order valence-electron chi connectivity index (χ0n) is 11.2. The third-order valence-electron chi connectivity index (χ3n) is 2.89. The Morgan fingerprint density at radius 1 is 1.25 bits per heavy atom. The molecule has 2 rings (SSSR count). The highest BCUT2D eigenvalue weighted by Crippen LogP contribution is 2.19. The van der Waals surface area contributed by atoms with Crippen LogP contribution in [0.15, 0.2) is 48.8 Å². The van der Waals surface area contributed by atoms with E-state index in [4.69, 9.17) is 5.14 Å². The molecule has 0 radical (unpaired) electrons. The minimum atomic E-state index is -3.48. The second kappa shape index (κ2) is 6.02. The van der Waals surface area contributed by atoms with Gasteiger partial charge in [0.15, 0.2) is 0 Å². The number of nitrogens with one attached hydrogen (secondary N) is 1. The van der Waals surface area contributed by atoms with E-state index < -0.39 is 10.0 Å². The molecule has 1 aromatic carbocycles. The Bertz CT molecular complexity index is 655.